The van der Waals surface area contributed by atoms with Gasteiger partial charge < -0.3 is 0 Å². The number of rotatable bonds is 5. The number of aromatic nitrogens is 3. The molecule has 1 aliphatic carbocycles. The molecule has 3 nitrogen and oxygen atoms in total. The van der Waals surface area contributed by atoms with E-state index in [1.54, 1.807) is 0 Å². The number of pyridine rings is 1. The van der Waals surface area contributed by atoms with Gasteiger partial charge in [-0.1, -0.05) is 140 Å². The van der Waals surface area contributed by atoms with Crippen LogP contribution in [0.1, 0.15) is 11.1 Å². The summed E-state index contributed by atoms with van der Waals surface area (Å²) >= 11 is 0. The predicted molar refractivity (Wildman–Crippen MR) is 228 cm³/mol. The number of fused-ring (bicyclic) bond motifs is 7. The number of nitrogens with zero attached hydrogens (tertiary/aromatic N) is 3. The van der Waals surface area contributed by atoms with Gasteiger partial charge in [-0.3, -0.25) is 4.98 Å². The van der Waals surface area contributed by atoms with Gasteiger partial charge in [0.05, 0.1) is 17.1 Å². The van der Waals surface area contributed by atoms with Crippen LogP contribution in [0.5, 0.6) is 0 Å². The fraction of sp³-hybridized carbons (Fsp3) is 0.0192. The Labute approximate surface area is 319 Å². The van der Waals surface area contributed by atoms with Gasteiger partial charge in [0.15, 0.2) is 5.82 Å². The van der Waals surface area contributed by atoms with Crippen LogP contribution in [0.15, 0.2) is 188 Å². The zero-order valence-corrected chi connectivity index (χ0v) is 29.9. The van der Waals surface area contributed by atoms with E-state index in [1.165, 1.54) is 54.7 Å². The van der Waals surface area contributed by atoms with Crippen LogP contribution in [0.25, 0.3) is 99.7 Å². The molecule has 0 aliphatic heterocycles. The van der Waals surface area contributed by atoms with Crippen LogP contribution < -0.4 is 0 Å². The first-order valence-corrected chi connectivity index (χ1v) is 18.8. The number of hydrogen-bond acceptors (Lipinski definition) is 3. The van der Waals surface area contributed by atoms with Crippen molar-refractivity contribution in [2.45, 2.75) is 6.42 Å². The summed E-state index contributed by atoms with van der Waals surface area (Å²) in [7, 11) is 0. The van der Waals surface area contributed by atoms with E-state index >= 15 is 0 Å². The van der Waals surface area contributed by atoms with E-state index in [1.807, 2.05) is 12.3 Å². The summed E-state index contributed by atoms with van der Waals surface area (Å²) in [6, 6.07) is 65.2. The van der Waals surface area contributed by atoms with Crippen molar-refractivity contribution < 1.29 is 0 Å². The molecule has 0 unspecified atom stereocenters. The lowest BCUT2D eigenvalue weighted by Crippen LogP contribution is -1.97. The first-order chi connectivity index (χ1) is 27.2. The Bertz CT molecular complexity index is 3130. The Morgan fingerprint density at radius 2 is 1.02 bits per heavy atom. The lowest BCUT2D eigenvalue weighted by Gasteiger charge is -2.16. The second-order valence-electron chi connectivity index (χ2n) is 14.4. The lowest BCUT2D eigenvalue weighted by atomic mass is 9.89. The van der Waals surface area contributed by atoms with Crippen LogP contribution in [-0.4, -0.2) is 15.0 Å². The zero-order chi connectivity index (χ0) is 36.3. The molecular formula is C52H33N3. The van der Waals surface area contributed by atoms with Crippen LogP contribution in [-0.2, 0) is 6.42 Å². The van der Waals surface area contributed by atoms with Gasteiger partial charge in [0.1, 0.15) is 0 Å². The Hall–Kier alpha value is -7.23. The molecule has 0 bridgehead atoms. The van der Waals surface area contributed by atoms with Gasteiger partial charge in [-0.15, -0.1) is 0 Å². The van der Waals surface area contributed by atoms with Gasteiger partial charge in [-0.25, -0.2) is 9.97 Å². The summed E-state index contributed by atoms with van der Waals surface area (Å²) in [6.07, 6.45) is 2.81. The summed E-state index contributed by atoms with van der Waals surface area (Å²) in [5.41, 5.74) is 14.4. The van der Waals surface area contributed by atoms with Crippen molar-refractivity contribution in [3.05, 3.63) is 199 Å². The van der Waals surface area contributed by atoms with E-state index in [0.717, 1.165) is 56.7 Å². The maximum Gasteiger partial charge on any atom is 0.160 e. The van der Waals surface area contributed by atoms with Gasteiger partial charge in [0.2, 0.25) is 0 Å². The van der Waals surface area contributed by atoms with Crippen molar-refractivity contribution >= 4 is 32.3 Å². The van der Waals surface area contributed by atoms with Crippen molar-refractivity contribution in [3.63, 3.8) is 0 Å². The third kappa shape index (κ3) is 5.40. The Morgan fingerprint density at radius 1 is 0.364 bits per heavy atom. The SMILES string of the molecule is c1ccc(-c2cc(-c3cc(-c4ccnc5c4Cc4ccccc4-5)cc(-c4cc5ccccc5c5ccccc45)c3)nc(-c3ccc4ccccc4c3)n2)cc1. The summed E-state index contributed by atoms with van der Waals surface area (Å²) in [5, 5.41) is 7.30. The minimum absolute atomic E-state index is 0.700. The minimum Gasteiger partial charge on any atom is -0.256 e. The third-order valence-corrected chi connectivity index (χ3v) is 11.1. The van der Waals surface area contributed by atoms with Crippen LogP contribution in [0, 0.1) is 0 Å². The van der Waals surface area contributed by atoms with Gasteiger partial charge in [0.25, 0.3) is 0 Å². The molecule has 0 amide bonds. The quantitative estimate of drug-likeness (QED) is 0.168. The molecule has 0 atom stereocenters. The Morgan fingerprint density at radius 3 is 1.87 bits per heavy atom. The molecule has 2 aromatic heterocycles. The van der Waals surface area contributed by atoms with Crippen LogP contribution >= 0.6 is 0 Å². The molecule has 0 radical (unpaired) electrons. The molecule has 3 heteroatoms. The van der Waals surface area contributed by atoms with E-state index in [2.05, 4.69) is 176 Å². The second-order valence-corrected chi connectivity index (χ2v) is 14.4. The number of hydrogen-bond donors (Lipinski definition) is 0. The van der Waals surface area contributed by atoms with Crippen molar-refractivity contribution in [3.8, 4) is 67.4 Å². The Balaban J connectivity index is 1.18. The fourth-order valence-electron chi connectivity index (χ4n) is 8.46. The average Bonchev–Trinajstić information content (AvgIpc) is 3.65. The predicted octanol–water partition coefficient (Wildman–Crippen LogP) is 13.2. The smallest absolute Gasteiger partial charge is 0.160 e. The maximum atomic E-state index is 5.37. The van der Waals surface area contributed by atoms with E-state index in [0.29, 0.717) is 5.82 Å². The van der Waals surface area contributed by atoms with Crippen LogP contribution in [0.2, 0.25) is 0 Å². The monoisotopic (exact) mass is 699 g/mol. The molecule has 0 saturated heterocycles. The van der Waals surface area contributed by atoms with Gasteiger partial charge in [-0.2, -0.15) is 0 Å². The van der Waals surface area contributed by atoms with E-state index in [9.17, 15) is 0 Å². The van der Waals surface area contributed by atoms with Crippen LogP contribution in [0.4, 0.5) is 0 Å². The molecule has 8 aromatic carbocycles. The molecule has 1 aliphatic rings. The van der Waals surface area contributed by atoms with Gasteiger partial charge >= 0.3 is 0 Å². The molecule has 0 N–H and O–H groups in total. The zero-order valence-electron chi connectivity index (χ0n) is 29.9. The van der Waals surface area contributed by atoms with Gasteiger partial charge in [-0.05, 0) is 108 Å². The normalized spacial score (nSPS) is 11.9. The highest BCUT2D eigenvalue weighted by Crippen LogP contribution is 2.44. The molecule has 11 rings (SSSR count). The number of benzene rings is 8. The summed E-state index contributed by atoms with van der Waals surface area (Å²) < 4.78 is 0. The van der Waals surface area contributed by atoms with E-state index in [-0.39, 0.29) is 0 Å². The van der Waals surface area contributed by atoms with E-state index in [4.69, 9.17) is 15.0 Å². The largest absolute Gasteiger partial charge is 0.256 e. The van der Waals surface area contributed by atoms with Crippen molar-refractivity contribution in [2.75, 3.05) is 0 Å². The molecule has 256 valence electrons. The third-order valence-electron chi connectivity index (χ3n) is 11.1. The van der Waals surface area contributed by atoms with Crippen molar-refractivity contribution in [1.29, 1.82) is 0 Å². The fourth-order valence-corrected chi connectivity index (χ4v) is 8.46. The highest BCUT2D eigenvalue weighted by atomic mass is 14.9. The molecule has 2 heterocycles. The Kier molecular flexibility index (Phi) is 7.24. The highest BCUT2D eigenvalue weighted by Gasteiger charge is 2.24. The highest BCUT2D eigenvalue weighted by molar-refractivity contribution is 6.14. The minimum atomic E-state index is 0.700. The standard InChI is InChI=1S/C52H33N3/c1-2-13-34(14-3-1)49-32-50(55-52(54-49)38-23-22-33-12-4-5-15-35(33)26-38)41-28-39(43-24-25-53-51-44-19-9-7-17-37(44)31-48(43)51)27-40(29-41)47-30-36-16-6-8-18-42(36)45-20-10-11-21-46(45)47/h1-30,32H,31H2. The van der Waals surface area contributed by atoms with Gasteiger partial charge in [0, 0.05) is 34.9 Å². The molecule has 0 saturated carbocycles. The molecule has 0 fully saturated rings. The molecular weight excluding hydrogens is 667 g/mol. The molecule has 0 spiro atoms. The summed E-state index contributed by atoms with van der Waals surface area (Å²) in [5.74, 6) is 0.700. The maximum absolute atomic E-state index is 5.37. The molecule has 10 aromatic rings. The van der Waals surface area contributed by atoms with Crippen molar-refractivity contribution in [2.24, 2.45) is 0 Å². The van der Waals surface area contributed by atoms with Crippen molar-refractivity contribution in [1.82, 2.24) is 15.0 Å². The topological polar surface area (TPSA) is 38.7 Å². The molecule has 55 heavy (non-hydrogen) atoms. The first kappa shape index (κ1) is 31.3. The summed E-state index contributed by atoms with van der Waals surface area (Å²) in [6.45, 7) is 0. The average molecular weight is 700 g/mol. The second kappa shape index (κ2) is 12.7. The van der Waals surface area contributed by atoms with Crippen LogP contribution in [0.3, 0.4) is 0 Å². The lowest BCUT2D eigenvalue weighted by molar-refractivity contribution is 1.18. The first-order valence-electron chi connectivity index (χ1n) is 18.8. The summed E-state index contributed by atoms with van der Waals surface area (Å²) in [4.78, 5) is 15.5. The van der Waals surface area contributed by atoms with E-state index < -0.39 is 0 Å².